The highest BCUT2D eigenvalue weighted by Crippen LogP contribution is 2.22. The molecule has 1 aromatic heterocycles. The van der Waals surface area contributed by atoms with Crippen molar-refractivity contribution in [2.75, 3.05) is 31.1 Å². The highest BCUT2D eigenvalue weighted by Gasteiger charge is 2.25. The highest BCUT2D eigenvalue weighted by atomic mass is 19.1. The predicted octanol–water partition coefficient (Wildman–Crippen LogP) is 2.40. The van der Waals surface area contributed by atoms with Crippen LogP contribution in [0.5, 0.6) is 0 Å². The van der Waals surface area contributed by atoms with Crippen molar-refractivity contribution in [3.8, 4) is 0 Å². The SMILES string of the molecule is Cc1noc([C@@H](C)N2CCN(c3ccc(F)cc3)CC2)n1. The fraction of sp³-hybridized carbons (Fsp3) is 0.467. The van der Waals surface area contributed by atoms with E-state index in [2.05, 4.69) is 26.9 Å². The van der Waals surface area contributed by atoms with Crippen LogP contribution in [0.2, 0.25) is 0 Å². The number of piperazine rings is 1. The van der Waals surface area contributed by atoms with E-state index in [0.29, 0.717) is 11.7 Å². The maximum absolute atomic E-state index is 13.0. The van der Waals surface area contributed by atoms with Gasteiger partial charge in [-0.1, -0.05) is 5.16 Å². The Bertz CT molecular complexity index is 590. The van der Waals surface area contributed by atoms with Crippen molar-refractivity contribution in [3.63, 3.8) is 0 Å². The lowest BCUT2D eigenvalue weighted by molar-refractivity contribution is 0.164. The molecule has 0 N–H and O–H groups in total. The number of halogens is 1. The van der Waals surface area contributed by atoms with Crippen LogP contribution in [-0.2, 0) is 0 Å². The molecule has 5 nitrogen and oxygen atoms in total. The summed E-state index contributed by atoms with van der Waals surface area (Å²) >= 11 is 0. The van der Waals surface area contributed by atoms with Gasteiger partial charge < -0.3 is 9.42 Å². The molecule has 3 rings (SSSR count). The quantitative estimate of drug-likeness (QED) is 0.868. The standard InChI is InChI=1S/C15H19FN4O/c1-11(15-17-12(2)18-21-15)19-7-9-20(10-8-19)14-5-3-13(16)4-6-14/h3-6,11H,7-10H2,1-2H3/t11-/m1/s1. The van der Waals surface area contributed by atoms with E-state index in [9.17, 15) is 4.39 Å². The van der Waals surface area contributed by atoms with Crippen LogP contribution < -0.4 is 4.90 Å². The topological polar surface area (TPSA) is 45.4 Å². The lowest BCUT2D eigenvalue weighted by atomic mass is 10.2. The van der Waals surface area contributed by atoms with Crippen molar-refractivity contribution in [1.82, 2.24) is 15.0 Å². The Labute approximate surface area is 123 Å². The van der Waals surface area contributed by atoms with Crippen molar-refractivity contribution >= 4 is 5.69 Å². The molecule has 0 spiro atoms. The smallest absolute Gasteiger partial charge is 0.243 e. The average molecular weight is 290 g/mol. The van der Waals surface area contributed by atoms with E-state index < -0.39 is 0 Å². The van der Waals surface area contributed by atoms with Crippen molar-refractivity contribution in [2.45, 2.75) is 19.9 Å². The third-order valence-corrected chi connectivity index (χ3v) is 3.95. The van der Waals surface area contributed by atoms with Gasteiger partial charge in [-0.2, -0.15) is 4.98 Å². The first-order valence-electron chi connectivity index (χ1n) is 7.18. The van der Waals surface area contributed by atoms with Crippen LogP contribution in [0.1, 0.15) is 24.7 Å². The molecule has 0 bridgehead atoms. The van der Waals surface area contributed by atoms with Gasteiger partial charge in [-0.15, -0.1) is 0 Å². The maximum atomic E-state index is 13.0. The fourth-order valence-corrected chi connectivity index (χ4v) is 2.66. The summed E-state index contributed by atoms with van der Waals surface area (Å²) < 4.78 is 18.2. The van der Waals surface area contributed by atoms with Crippen LogP contribution in [0, 0.1) is 12.7 Å². The molecule has 1 aliphatic heterocycles. The molecule has 1 aromatic carbocycles. The van der Waals surface area contributed by atoms with Gasteiger partial charge in [-0.05, 0) is 38.1 Å². The number of aromatic nitrogens is 2. The summed E-state index contributed by atoms with van der Waals surface area (Å²) in [5.74, 6) is 1.14. The molecular weight excluding hydrogens is 271 g/mol. The van der Waals surface area contributed by atoms with Gasteiger partial charge in [0.05, 0.1) is 6.04 Å². The van der Waals surface area contributed by atoms with Crippen LogP contribution in [0.15, 0.2) is 28.8 Å². The van der Waals surface area contributed by atoms with Gasteiger partial charge in [-0.25, -0.2) is 4.39 Å². The zero-order chi connectivity index (χ0) is 14.8. The fourth-order valence-electron chi connectivity index (χ4n) is 2.66. The van der Waals surface area contributed by atoms with E-state index in [4.69, 9.17) is 4.52 Å². The summed E-state index contributed by atoms with van der Waals surface area (Å²) in [4.78, 5) is 8.89. The number of nitrogens with zero attached hydrogens (tertiary/aromatic N) is 4. The van der Waals surface area contributed by atoms with Gasteiger partial charge in [0.1, 0.15) is 5.82 Å². The number of hydrogen-bond donors (Lipinski definition) is 0. The summed E-state index contributed by atoms with van der Waals surface area (Å²) in [6, 6.07) is 6.80. The molecule has 21 heavy (non-hydrogen) atoms. The van der Waals surface area contributed by atoms with Crippen molar-refractivity contribution in [1.29, 1.82) is 0 Å². The molecule has 2 aromatic rings. The van der Waals surface area contributed by atoms with E-state index in [1.54, 1.807) is 0 Å². The normalized spacial score (nSPS) is 18.0. The van der Waals surface area contributed by atoms with E-state index >= 15 is 0 Å². The summed E-state index contributed by atoms with van der Waals surface area (Å²) in [5.41, 5.74) is 1.07. The van der Waals surface area contributed by atoms with Crippen LogP contribution in [0.25, 0.3) is 0 Å². The third kappa shape index (κ3) is 3.05. The molecule has 1 saturated heterocycles. The Morgan fingerprint density at radius 1 is 1.14 bits per heavy atom. The molecule has 0 unspecified atom stereocenters. The Morgan fingerprint density at radius 2 is 1.81 bits per heavy atom. The minimum absolute atomic E-state index is 0.126. The van der Waals surface area contributed by atoms with Crippen molar-refractivity contribution in [3.05, 3.63) is 41.8 Å². The van der Waals surface area contributed by atoms with Crippen molar-refractivity contribution < 1.29 is 8.91 Å². The monoisotopic (exact) mass is 290 g/mol. The molecular formula is C15H19FN4O. The average Bonchev–Trinajstić information content (AvgIpc) is 2.94. The first-order valence-corrected chi connectivity index (χ1v) is 7.18. The Kier molecular flexibility index (Phi) is 3.88. The molecule has 0 saturated carbocycles. The molecule has 0 amide bonds. The minimum Gasteiger partial charge on any atom is -0.369 e. The second-order valence-electron chi connectivity index (χ2n) is 5.36. The summed E-state index contributed by atoms with van der Waals surface area (Å²) in [6.45, 7) is 7.55. The third-order valence-electron chi connectivity index (χ3n) is 3.95. The van der Waals surface area contributed by atoms with E-state index in [-0.39, 0.29) is 11.9 Å². The minimum atomic E-state index is -0.197. The molecule has 112 valence electrons. The number of aryl methyl sites for hydroxylation is 1. The lowest BCUT2D eigenvalue weighted by Gasteiger charge is -2.38. The molecule has 0 radical (unpaired) electrons. The Hall–Kier alpha value is -1.95. The number of anilines is 1. The summed E-state index contributed by atoms with van der Waals surface area (Å²) in [7, 11) is 0. The Balaban J connectivity index is 1.61. The highest BCUT2D eigenvalue weighted by molar-refractivity contribution is 5.46. The molecule has 1 aliphatic rings. The first kappa shape index (κ1) is 14.0. The molecule has 1 fully saturated rings. The van der Waals surface area contributed by atoms with Crippen molar-refractivity contribution in [2.24, 2.45) is 0 Å². The summed E-state index contributed by atoms with van der Waals surface area (Å²) in [5, 5.41) is 3.84. The van der Waals surface area contributed by atoms with Crippen LogP contribution in [-0.4, -0.2) is 41.2 Å². The Morgan fingerprint density at radius 3 is 2.38 bits per heavy atom. The second-order valence-corrected chi connectivity index (χ2v) is 5.36. The zero-order valence-corrected chi connectivity index (χ0v) is 12.3. The van der Waals surface area contributed by atoms with Gasteiger partial charge in [-0.3, -0.25) is 4.90 Å². The van der Waals surface area contributed by atoms with E-state index in [0.717, 1.165) is 31.9 Å². The second kappa shape index (κ2) is 5.81. The molecule has 1 atom stereocenters. The van der Waals surface area contributed by atoms with Crippen LogP contribution in [0.3, 0.4) is 0 Å². The number of rotatable bonds is 3. The summed E-state index contributed by atoms with van der Waals surface area (Å²) in [6.07, 6.45) is 0. The van der Waals surface area contributed by atoms with Crippen LogP contribution >= 0.6 is 0 Å². The van der Waals surface area contributed by atoms with Gasteiger partial charge >= 0.3 is 0 Å². The molecule has 2 heterocycles. The molecule has 0 aliphatic carbocycles. The zero-order valence-electron chi connectivity index (χ0n) is 12.3. The lowest BCUT2D eigenvalue weighted by Crippen LogP contribution is -2.47. The largest absolute Gasteiger partial charge is 0.369 e. The van der Waals surface area contributed by atoms with Gasteiger partial charge in [0, 0.05) is 31.9 Å². The van der Waals surface area contributed by atoms with Gasteiger partial charge in [0.25, 0.3) is 0 Å². The first-order chi connectivity index (χ1) is 10.1. The number of hydrogen-bond acceptors (Lipinski definition) is 5. The van der Waals surface area contributed by atoms with Gasteiger partial charge in [0.2, 0.25) is 5.89 Å². The number of benzene rings is 1. The van der Waals surface area contributed by atoms with E-state index in [1.165, 1.54) is 12.1 Å². The predicted molar refractivity (Wildman–Crippen MR) is 77.6 cm³/mol. The molecule has 6 heteroatoms. The van der Waals surface area contributed by atoms with Crippen LogP contribution in [0.4, 0.5) is 10.1 Å². The van der Waals surface area contributed by atoms with E-state index in [1.807, 2.05) is 19.1 Å². The maximum Gasteiger partial charge on any atom is 0.243 e. The van der Waals surface area contributed by atoms with Gasteiger partial charge in [0.15, 0.2) is 5.82 Å².